The number of hydrogen-bond donors (Lipinski definition) is 1. The largest absolute Gasteiger partial charge is 0.374 e. The maximum absolute atomic E-state index is 5.70. The third kappa shape index (κ3) is 3.37. The molecular formula is C14H20N6O. The van der Waals surface area contributed by atoms with Gasteiger partial charge in [-0.05, 0) is 19.2 Å². The van der Waals surface area contributed by atoms with Gasteiger partial charge in [0.15, 0.2) is 5.82 Å². The highest BCUT2D eigenvalue weighted by Gasteiger charge is 2.17. The second kappa shape index (κ2) is 6.19. The molecule has 3 rings (SSSR count). The van der Waals surface area contributed by atoms with Gasteiger partial charge in [0.05, 0.1) is 12.7 Å². The maximum Gasteiger partial charge on any atom is 0.160 e. The van der Waals surface area contributed by atoms with Gasteiger partial charge in [0.2, 0.25) is 0 Å². The molecular weight excluding hydrogens is 268 g/mol. The quantitative estimate of drug-likeness (QED) is 0.889. The molecule has 7 nitrogen and oxygen atoms in total. The summed E-state index contributed by atoms with van der Waals surface area (Å²) in [7, 11) is 4.05. The fourth-order valence-corrected chi connectivity index (χ4v) is 2.37. The number of anilines is 1. The molecule has 112 valence electrons. The lowest BCUT2D eigenvalue weighted by molar-refractivity contribution is -0.0117. The van der Waals surface area contributed by atoms with Gasteiger partial charge >= 0.3 is 0 Å². The molecule has 1 aliphatic rings. The Morgan fingerprint density at radius 1 is 1.33 bits per heavy atom. The van der Waals surface area contributed by atoms with E-state index in [0.29, 0.717) is 0 Å². The van der Waals surface area contributed by atoms with Crippen LogP contribution in [0, 0.1) is 0 Å². The van der Waals surface area contributed by atoms with E-state index in [-0.39, 0.29) is 6.10 Å². The number of imidazole rings is 1. The molecule has 7 heteroatoms. The molecule has 2 aromatic heterocycles. The molecule has 0 aliphatic carbocycles. The molecule has 0 radical (unpaired) electrons. The Hall–Kier alpha value is -1.99. The molecule has 21 heavy (non-hydrogen) atoms. The zero-order chi connectivity index (χ0) is 14.7. The van der Waals surface area contributed by atoms with E-state index in [4.69, 9.17) is 4.74 Å². The third-order valence-corrected chi connectivity index (χ3v) is 3.57. The molecule has 0 saturated carbocycles. The number of nitrogens with zero attached hydrogens (tertiary/aromatic N) is 5. The number of nitrogens with one attached hydrogen (secondary N) is 1. The van der Waals surface area contributed by atoms with Crippen LogP contribution in [0.2, 0.25) is 0 Å². The second-order valence-electron chi connectivity index (χ2n) is 5.30. The normalized spacial score (nSPS) is 19.6. The van der Waals surface area contributed by atoms with Crippen molar-refractivity contribution < 1.29 is 4.74 Å². The zero-order valence-electron chi connectivity index (χ0n) is 12.4. The summed E-state index contributed by atoms with van der Waals surface area (Å²) < 4.78 is 7.62. The monoisotopic (exact) mass is 288 g/mol. The molecule has 0 unspecified atom stereocenters. The number of aromatic nitrogens is 4. The van der Waals surface area contributed by atoms with Gasteiger partial charge in [-0.25, -0.2) is 4.98 Å². The van der Waals surface area contributed by atoms with Crippen LogP contribution in [0.4, 0.5) is 5.82 Å². The Morgan fingerprint density at radius 2 is 2.24 bits per heavy atom. The Morgan fingerprint density at radius 3 is 2.90 bits per heavy atom. The van der Waals surface area contributed by atoms with Crippen LogP contribution in [0.1, 0.15) is 0 Å². The summed E-state index contributed by atoms with van der Waals surface area (Å²) >= 11 is 0. The Balaban J connectivity index is 1.58. The third-order valence-electron chi connectivity index (χ3n) is 3.57. The fourth-order valence-electron chi connectivity index (χ4n) is 2.37. The minimum atomic E-state index is 0.194. The van der Waals surface area contributed by atoms with Crippen molar-refractivity contribution in [2.24, 2.45) is 7.05 Å². The summed E-state index contributed by atoms with van der Waals surface area (Å²) in [4.78, 5) is 6.53. The summed E-state index contributed by atoms with van der Waals surface area (Å²) in [5.74, 6) is 1.57. The van der Waals surface area contributed by atoms with Gasteiger partial charge in [-0.3, -0.25) is 0 Å². The molecule has 1 aliphatic heterocycles. The molecule has 3 heterocycles. The summed E-state index contributed by atoms with van der Waals surface area (Å²) in [6, 6.07) is 3.84. The lowest BCUT2D eigenvalue weighted by atomic mass is 10.3. The fraction of sp³-hybridized carbons (Fsp3) is 0.500. The summed E-state index contributed by atoms with van der Waals surface area (Å²) in [5.41, 5.74) is 0.765. The van der Waals surface area contributed by atoms with Crippen LogP contribution in [-0.4, -0.2) is 64.0 Å². The van der Waals surface area contributed by atoms with Crippen molar-refractivity contribution >= 4 is 5.82 Å². The first-order chi connectivity index (χ1) is 10.2. The van der Waals surface area contributed by atoms with Crippen LogP contribution in [-0.2, 0) is 11.8 Å². The van der Waals surface area contributed by atoms with Crippen LogP contribution >= 0.6 is 0 Å². The topological polar surface area (TPSA) is 68.1 Å². The SMILES string of the molecule is CN1CCO[C@@H](CNc2ccc(-c3nccn3C)nn2)C1. The summed E-state index contributed by atoms with van der Waals surface area (Å²) in [5, 5.41) is 11.7. The Labute approximate surface area is 124 Å². The highest BCUT2D eigenvalue weighted by molar-refractivity contribution is 5.51. The molecule has 1 atom stereocenters. The predicted octanol–water partition coefficient (Wildman–Crippen LogP) is 0.620. The van der Waals surface area contributed by atoms with Gasteiger partial charge in [-0.1, -0.05) is 0 Å². The van der Waals surface area contributed by atoms with E-state index >= 15 is 0 Å². The first-order valence-corrected chi connectivity index (χ1v) is 7.08. The Kier molecular flexibility index (Phi) is 4.12. The van der Waals surface area contributed by atoms with E-state index in [2.05, 4.69) is 32.4 Å². The highest BCUT2D eigenvalue weighted by atomic mass is 16.5. The number of ether oxygens (including phenoxy) is 1. The molecule has 2 aromatic rings. The van der Waals surface area contributed by atoms with Gasteiger partial charge in [0.25, 0.3) is 0 Å². The van der Waals surface area contributed by atoms with Crippen molar-refractivity contribution in [2.75, 3.05) is 38.6 Å². The summed E-state index contributed by atoms with van der Waals surface area (Å²) in [6.45, 7) is 3.45. The number of rotatable bonds is 4. The van der Waals surface area contributed by atoms with Gasteiger partial charge in [0, 0.05) is 39.1 Å². The van der Waals surface area contributed by atoms with Gasteiger partial charge in [0.1, 0.15) is 11.5 Å². The highest BCUT2D eigenvalue weighted by Crippen LogP contribution is 2.14. The molecule has 0 aromatic carbocycles. The van der Waals surface area contributed by atoms with Crippen molar-refractivity contribution in [3.05, 3.63) is 24.5 Å². The van der Waals surface area contributed by atoms with Crippen molar-refractivity contribution in [3.8, 4) is 11.5 Å². The number of morpholine rings is 1. The molecule has 1 saturated heterocycles. The average Bonchev–Trinajstić information content (AvgIpc) is 2.92. The second-order valence-corrected chi connectivity index (χ2v) is 5.30. The first-order valence-electron chi connectivity index (χ1n) is 7.08. The number of hydrogen-bond acceptors (Lipinski definition) is 6. The number of likely N-dealkylation sites (N-methyl/N-ethyl adjacent to an activating group) is 1. The van der Waals surface area contributed by atoms with Crippen molar-refractivity contribution in [3.63, 3.8) is 0 Å². The molecule has 1 fully saturated rings. The maximum atomic E-state index is 5.70. The molecule has 0 bridgehead atoms. The van der Waals surface area contributed by atoms with Gasteiger partial charge in [-0.15, -0.1) is 10.2 Å². The van der Waals surface area contributed by atoms with Crippen LogP contribution in [0.3, 0.4) is 0 Å². The molecule has 0 spiro atoms. The van der Waals surface area contributed by atoms with Crippen LogP contribution in [0.25, 0.3) is 11.5 Å². The van der Waals surface area contributed by atoms with Gasteiger partial charge < -0.3 is 19.5 Å². The van der Waals surface area contributed by atoms with Crippen LogP contribution in [0.15, 0.2) is 24.5 Å². The minimum Gasteiger partial charge on any atom is -0.374 e. The van der Waals surface area contributed by atoms with E-state index in [9.17, 15) is 0 Å². The zero-order valence-corrected chi connectivity index (χ0v) is 12.4. The predicted molar refractivity (Wildman–Crippen MR) is 80.0 cm³/mol. The van der Waals surface area contributed by atoms with E-state index in [1.54, 1.807) is 6.20 Å². The number of aryl methyl sites for hydroxylation is 1. The van der Waals surface area contributed by atoms with Crippen LogP contribution in [0.5, 0.6) is 0 Å². The van der Waals surface area contributed by atoms with Crippen molar-refractivity contribution in [2.45, 2.75) is 6.10 Å². The smallest absolute Gasteiger partial charge is 0.160 e. The molecule has 1 N–H and O–H groups in total. The van der Waals surface area contributed by atoms with E-state index < -0.39 is 0 Å². The van der Waals surface area contributed by atoms with Gasteiger partial charge in [-0.2, -0.15) is 0 Å². The Bertz CT molecular complexity index is 581. The van der Waals surface area contributed by atoms with Crippen molar-refractivity contribution in [1.29, 1.82) is 0 Å². The standard InChI is InChI=1S/C14H20N6O/c1-19-7-8-21-11(10-19)9-16-13-4-3-12(17-18-13)14-15-5-6-20(14)2/h3-6,11H,7-10H2,1-2H3,(H,16,18)/t11-/m0/s1. The lowest BCUT2D eigenvalue weighted by Crippen LogP contribution is -2.43. The average molecular weight is 288 g/mol. The lowest BCUT2D eigenvalue weighted by Gasteiger charge is -2.30. The van der Waals surface area contributed by atoms with Crippen molar-refractivity contribution in [1.82, 2.24) is 24.6 Å². The minimum absolute atomic E-state index is 0.194. The van der Waals surface area contributed by atoms with E-state index in [0.717, 1.165) is 43.6 Å². The summed E-state index contributed by atoms with van der Waals surface area (Å²) in [6.07, 6.45) is 3.83. The van der Waals surface area contributed by atoms with E-state index in [1.807, 2.05) is 29.9 Å². The van der Waals surface area contributed by atoms with E-state index in [1.165, 1.54) is 0 Å². The van der Waals surface area contributed by atoms with Crippen LogP contribution < -0.4 is 5.32 Å². The first kappa shape index (κ1) is 14.0. The molecule has 0 amide bonds.